The molecule has 0 aromatic carbocycles. The normalized spacial score (nSPS) is 19.7. The fourth-order valence-corrected chi connectivity index (χ4v) is 4.73. The smallest absolute Gasteiger partial charge is 0.264 e. The summed E-state index contributed by atoms with van der Waals surface area (Å²) in [5.41, 5.74) is 1.46. The van der Waals surface area contributed by atoms with Gasteiger partial charge >= 0.3 is 0 Å². The molecule has 0 unspecified atom stereocenters. The third-order valence-electron chi connectivity index (χ3n) is 6.34. The number of rotatable bonds is 5. The van der Waals surface area contributed by atoms with Crippen LogP contribution in [0.25, 0.3) is 5.82 Å². The lowest BCUT2D eigenvalue weighted by Gasteiger charge is -2.34. The zero-order valence-corrected chi connectivity index (χ0v) is 17.9. The fourth-order valence-electron chi connectivity index (χ4n) is 4.73. The molecule has 166 valence electrons. The van der Waals surface area contributed by atoms with Crippen molar-refractivity contribution in [1.29, 1.82) is 0 Å². The van der Waals surface area contributed by atoms with E-state index < -0.39 is 0 Å². The third-order valence-corrected chi connectivity index (χ3v) is 6.34. The van der Waals surface area contributed by atoms with Crippen molar-refractivity contribution >= 4 is 11.8 Å². The molecule has 5 heterocycles. The Labute approximate surface area is 183 Å². The first-order valence-electron chi connectivity index (χ1n) is 10.8. The first-order valence-corrected chi connectivity index (χ1v) is 10.8. The molecule has 0 radical (unpaired) electrons. The van der Waals surface area contributed by atoms with Crippen LogP contribution in [0.5, 0.6) is 0 Å². The Kier molecular flexibility index (Phi) is 4.91. The van der Waals surface area contributed by atoms with E-state index in [1.807, 2.05) is 9.80 Å². The molecular formula is C22H24N6O4. The minimum Gasteiger partial charge on any atom is -0.469 e. The van der Waals surface area contributed by atoms with Crippen molar-refractivity contribution in [3.8, 4) is 5.82 Å². The van der Waals surface area contributed by atoms with E-state index in [1.54, 1.807) is 25.3 Å². The van der Waals surface area contributed by atoms with Gasteiger partial charge in [0.05, 0.1) is 41.4 Å². The summed E-state index contributed by atoms with van der Waals surface area (Å²) in [6.45, 7) is 4.86. The zero-order chi connectivity index (χ0) is 22.4. The summed E-state index contributed by atoms with van der Waals surface area (Å²) in [5.74, 6) is 1.04. The maximum Gasteiger partial charge on any atom is 0.264 e. The number of nitrogens with one attached hydrogen (secondary N) is 1. The second-order valence-corrected chi connectivity index (χ2v) is 8.30. The number of carbonyl (C=O) groups is 2. The van der Waals surface area contributed by atoms with E-state index in [0.29, 0.717) is 35.7 Å². The number of nitrogens with zero attached hydrogens (tertiary/aromatic N) is 5. The average molecular weight is 436 g/mol. The number of aromatic nitrogens is 4. The summed E-state index contributed by atoms with van der Waals surface area (Å²) in [5, 5.41) is 10.6. The molecule has 3 aromatic rings. The Morgan fingerprint density at radius 1 is 1.12 bits per heavy atom. The molecule has 2 atom stereocenters. The van der Waals surface area contributed by atoms with Crippen LogP contribution in [-0.2, 0) is 6.42 Å². The number of hydrogen-bond donors (Lipinski definition) is 1. The van der Waals surface area contributed by atoms with Crippen molar-refractivity contribution < 1.29 is 14.0 Å². The summed E-state index contributed by atoms with van der Waals surface area (Å²) in [4.78, 5) is 41.3. The van der Waals surface area contributed by atoms with Gasteiger partial charge in [0.25, 0.3) is 17.4 Å². The first-order chi connectivity index (χ1) is 15.5. The molecule has 2 aliphatic heterocycles. The molecule has 0 saturated carbocycles. The highest BCUT2D eigenvalue weighted by molar-refractivity contribution is 5.98. The molecule has 10 heteroatoms. The van der Waals surface area contributed by atoms with E-state index in [2.05, 4.69) is 22.2 Å². The Balaban J connectivity index is 1.31. The number of furan rings is 1. The monoisotopic (exact) mass is 436 g/mol. The number of fused-ring (bicyclic) bond motifs is 2. The van der Waals surface area contributed by atoms with Gasteiger partial charge in [0, 0.05) is 25.6 Å². The molecule has 32 heavy (non-hydrogen) atoms. The predicted octanol–water partition coefficient (Wildman–Crippen LogP) is 1.55. The molecule has 2 aliphatic rings. The van der Waals surface area contributed by atoms with Crippen LogP contribution < -0.4 is 5.56 Å². The average Bonchev–Trinajstić information content (AvgIpc) is 3.57. The zero-order valence-electron chi connectivity index (χ0n) is 17.9. The van der Waals surface area contributed by atoms with Crippen molar-refractivity contribution in [1.82, 2.24) is 29.8 Å². The molecule has 2 fully saturated rings. The lowest BCUT2D eigenvalue weighted by Crippen LogP contribution is -2.50. The predicted molar refractivity (Wildman–Crippen MR) is 114 cm³/mol. The molecule has 2 bridgehead atoms. The number of aryl methyl sites for hydroxylation is 1. The quantitative estimate of drug-likeness (QED) is 0.649. The van der Waals surface area contributed by atoms with Crippen LogP contribution in [0.15, 0.2) is 39.9 Å². The molecular weight excluding hydrogens is 412 g/mol. The summed E-state index contributed by atoms with van der Waals surface area (Å²) in [6.07, 6.45) is 5.51. The standard InChI is InChI=1S/C22H24N6O4/c1-3-4-18-16(7-8-32-18)21(30)26-11-15-9-14(26)12-27(15)22(31)17-10-23-28(13(17)2)19-5-6-20(29)25-24-19/h5-8,10,14-15H,3-4,9,11-12H2,1-2H3,(H,25,29)/t14-,15-/m0/s1. The van der Waals surface area contributed by atoms with Gasteiger partial charge in [0.1, 0.15) is 5.76 Å². The van der Waals surface area contributed by atoms with Crippen LogP contribution in [0, 0.1) is 6.92 Å². The summed E-state index contributed by atoms with van der Waals surface area (Å²) in [7, 11) is 0. The highest BCUT2D eigenvalue weighted by atomic mass is 16.3. The largest absolute Gasteiger partial charge is 0.469 e. The van der Waals surface area contributed by atoms with Crippen LogP contribution in [-0.4, -0.2) is 66.8 Å². The second-order valence-electron chi connectivity index (χ2n) is 8.30. The number of aromatic amines is 1. The number of amides is 2. The van der Waals surface area contributed by atoms with Crippen LogP contribution in [0.3, 0.4) is 0 Å². The Morgan fingerprint density at radius 2 is 1.84 bits per heavy atom. The van der Waals surface area contributed by atoms with Gasteiger partial charge in [-0.25, -0.2) is 9.78 Å². The Bertz CT molecular complexity index is 1220. The molecule has 2 saturated heterocycles. The highest BCUT2D eigenvalue weighted by Crippen LogP contribution is 2.34. The van der Waals surface area contributed by atoms with Gasteiger partial charge in [0.2, 0.25) is 0 Å². The lowest BCUT2D eigenvalue weighted by molar-refractivity contribution is 0.0525. The van der Waals surface area contributed by atoms with Gasteiger partial charge in [0.15, 0.2) is 5.82 Å². The topological polar surface area (TPSA) is 117 Å². The van der Waals surface area contributed by atoms with Gasteiger partial charge < -0.3 is 14.2 Å². The maximum absolute atomic E-state index is 13.3. The molecule has 5 rings (SSSR count). The Hall–Kier alpha value is -3.69. The molecule has 0 spiro atoms. The molecule has 1 N–H and O–H groups in total. The van der Waals surface area contributed by atoms with E-state index >= 15 is 0 Å². The van der Waals surface area contributed by atoms with E-state index in [9.17, 15) is 14.4 Å². The van der Waals surface area contributed by atoms with Crippen molar-refractivity contribution in [3.05, 3.63) is 63.6 Å². The molecule has 0 aliphatic carbocycles. The van der Waals surface area contributed by atoms with Gasteiger partial charge in [-0.1, -0.05) is 6.92 Å². The van der Waals surface area contributed by atoms with Crippen LogP contribution in [0.2, 0.25) is 0 Å². The highest BCUT2D eigenvalue weighted by Gasteiger charge is 2.48. The van der Waals surface area contributed by atoms with Crippen molar-refractivity contribution in [2.45, 2.75) is 45.2 Å². The fraction of sp³-hybridized carbons (Fsp3) is 0.409. The number of carbonyl (C=O) groups excluding carboxylic acids is 2. The number of piperazine rings is 1. The second kappa shape index (κ2) is 7.77. The number of hydrogen-bond acceptors (Lipinski definition) is 6. The van der Waals surface area contributed by atoms with Gasteiger partial charge in [-0.05, 0) is 31.9 Å². The van der Waals surface area contributed by atoms with Crippen molar-refractivity contribution in [3.63, 3.8) is 0 Å². The van der Waals surface area contributed by atoms with Crippen LogP contribution in [0.1, 0.15) is 51.9 Å². The molecule has 3 aromatic heterocycles. The van der Waals surface area contributed by atoms with E-state index in [-0.39, 0.29) is 29.5 Å². The minimum atomic E-state index is -0.306. The van der Waals surface area contributed by atoms with Gasteiger partial charge in [-0.2, -0.15) is 10.2 Å². The summed E-state index contributed by atoms with van der Waals surface area (Å²) < 4.78 is 7.02. The van der Waals surface area contributed by atoms with Crippen LogP contribution in [0.4, 0.5) is 0 Å². The van der Waals surface area contributed by atoms with Crippen molar-refractivity contribution in [2.24, 2.45) is 0 Å². The number of H-pyrrole nitrogens is 1. The SMILES string of the molecule is CCCc1occc1C(=O)N1C[C@@H]2C[C@H]1CN2C(=O)c1cnn(-c2ccc(=O)[nH]n2)c1C. The molecule has 2 amide bonds. The van der Waals surface area contributed by atoms with Gasteiger partial charge in [-0.3, -0.25) is 14.4 Å². The van der Waals surface area contributed by atoms with E-state index in [1.165, 1.54) is 16.9 Å². The van der Waals surface area contributed by atoms with Crippen LogP contribution >= 0.6 is 0 Å². The molecule has 10 nitrogen and oxygen atoms in total. The lowest BCUT2D eigenvalue weighted by atomic mass is 10.1. The van der Waals surface area contributed by atoms with E-state index in [0.717, 1.165) is 25.0 Å². The van der Waals surface area contributed by atoms with Gasteiger partial charge in [-0.15, -0.1) is 0 Å². The third kappa shape index (κ3) is 3.22. The summed E-state index contributed by atoms with van der Waals surface area (Å²) in [6, 6.07) is 4.63. The first kappa shape index (κ1) is 20.2. The van der Waals surface area contributed by atoms with Crippen molar-refractivity contribution in [2.75, 3.05) is 13.1 Å². The van der Waals surface area contributed by atoms with E-state index in [4.69, 9.17) is 4.42 Å². The summed E-state index contributed by atoms with van der Waals surface area (Å²) >= 11 is 0. The number of likely N-dealkylation sites (tertiary alicyclic amines) is 2. The maximum atomic E-state index is 13.3. The Morgan fingerprint density at radius 3 is 2.47 bits per heavy atom. The minimum absolute atomic E-state index is 0.00274.